The van der Waals surface area contributed by atoms with Gasteiger partial charge in [-0.05, 0) is 30.7 Å². The van der Waals surface area contributed by atoms with Crippen LogP contribution in [-0.4, -0.2) is 13.7 Å². The fourth-order valence-corrected chi connectivity index (χ4v) is 2.09. The maximum atomic E-state index is 13.6. The van der Waals surface area contributed by atoms with Crippen LogP contribution in [0.15, 0.2) is 18.2 Å². The number of methoxy groups -OCH3 is 1. The summed E-state index contributed by atoms with van der Waals surface area (Å²) in [6.07, 6.45) is 3.83. The molecule has 0 aliphatic heterocycles. The number of ether oxygens (including phenoxy) is 1. The van der Waals surface area contributed by atoms with Crippen molar-refractivity contribution >= 4 is 0 Å². The molecule has 0 amide bonds. The third-order valence-corrected chi connectivity index (χ3v) is 3.78. The van der Waals surface area contributed by atoms with Gasteiger partial charge in [-0.25, -0.2) is 4.39 Å². The van der Waals surface area contributed by atoms with Gasteiger partial charge in [0.15, 0.2) is 0 Å². The molecule has 1 fully saturated rings. The van der Waals surface area contributed by atoms with Crippen molar-refractivity contribution in [3.05, 3.63) is 29.6 Å². The summed E-state index contributed by atoms with van der Waals surface area (Å²) in [5, 5.41) is 3.35. The lowest BCUT2D eigenvalue weighted by Crippen LogP contribution is -2.23. The highest BCUT2D eigenvalue weighted by molar-refractivity contribution is 5.28. The third-order valence-electron chi connectivity index (χ3n) is 3.78. The van der Waals surface area contributed by atoms with E-state index in [0.29, 0.717) is 23.3 Å². The Balaban J connectivity index is 1.86. The van der Waals surface area contributed by atoms with Gasteiger partial charge in [-0.1, -0.05) is 13.0 Å². The van der Waals surface area contributed by atoms with Crippen molar-refractivity contribution in [3.63, 3.8) is 0 Å². The summed E-state index contributed by atoms with van der Waals surface area (Å²) < 4.78 is 18.6. The van der Waals surface area contributed by atoms with E-state index in [1.165, 1.54) is 25.3 Å². The van der Waals surface area contributed by atoms with Crippen LogP contribution in [0.2, 0.25) is 0 Å². The predicted molar refractivity (Wildman–Crippen MR) is 66.6 cm³/mol. The van der Waals surface area contributed by atoms with Gasteiger partial charge in [0.1, 0.15) is 11.6 Å². The molecule has 94 valence electrons. The summed E-state index contributed by atoms with van der Waals surface area (Å²) in [4.78, 5) is 0. The van der Waals surface area contributed by atoms with Crippen LogP contribution in [0.1, 0.15) is 31.7 Å². The van der Waals surface area contributed by atoms with E-state index in [4.69, 9.17) is 4.74 Å². The lowest BCUT2D eigenvalue weighted by molar-refractivity contribution is 0.409. The van der Waals surface area contributed by atoms with Crippen LogP contribution in [0.3, 0.4) is 0 Å². The van der Waals surface area contributed by atoms with Crippen molar-refractivity contribution in [2.24, 2.45) is 5.41 Å². The number of halogens is 1. The molecule has 1 saturated carbocycles. The van der Waals surface area contributed by atoms with Gasteiger partial charge in [0.25, 0.3) is 0 Å². The van der Waals surface area contributed by atoms with Crippen molar-refractivity contribution in [3.8, 4) is 5.75 Å². The highest BCUT2D eigenvalue weighted by atomic mass is 19.1. The molecule has 0 heterocycles. The largest absolute Gasteiger partial charge is 0.497 e. The highest BCUT2D eigenvalue weighted by Crippen LogP contribution is 2.47. The molecule has 0 spiro atoms. The van der Waals surface area contributed by atoms with Crippen molar-refractivity contribution in [1.82, 2.24) is 5.32 Å². The van der Waals surface area contributed by atoms with Gasteiger partial charge >= 0.3 is 0 Å². The topological polar surface area (TPSA) is 21.3 Å². The smallest absolute Gasteiger partial charge is 0.131 e. The first-order valence-electron chi connectivity index (χ1n) is 6.22. The van der Waals surface area contributed by atoms with Gasteiger partial charge in [-0.2, -0.15) is 0 Å². The molecule has 0 unspecified atom stereocenters. The summed E-state index contributed by atoms with van der Waals surface area (Å²) in [6, 6.07) is 5.02. The van der Waals surface area contributed by atoms with E-state index in [2.05, 4.69) is 12.2 Å². The number of hydrogen-bond acceptors (Lipinski definition) is 2. The highest BCUT2D eigenvalue weighted by Gasteiger charge is 2.39. The Morgan fingerprint density at radius 1 is 1.41 bits per heavy atom. The number of benzene rings is 1. The predicted octanol–water partition coefficient (Wildman–Crippen LogP) is 3.11. The first kappa shape index (κ1) is 12.4. The van der Waals surface area contributed by atoms with Gasteiger partial charge in [-0.3, -0.25) is 0 Å². The Kier molecular flexibility index (Phi) is 3.67. The summed E-state index contributed by atoms with van der Waals surface area (Å²) in [5.41, 5.74) is 1.21. The molecular weight excluding hydrogens is 217 g/mol. The first-order valence-corrected chi connectivity index (χ1v) is 6.22. The van der Waals surface area contributed by atoms with Crippen LogP contribution < -0.4 is 10.1 Å². The third kappa shape index (κ3) is 2.97. The number of rotatable bonds is 6. The Labute approximate surface area is 102 Å². The summed E-state index contributed by atoms with van der Waals surface area (Å²) in [7, 11) is 1.55. The van der Waals surface area contributed by atoms with Crippen molar-refractivity contribution in [2.75, 3.05) is 13.7 Å². The average Bonchev–Trinajstić information content (AvgIpc) is 3.12. The minimum atomic E-state index is -0.196. The number of hydrogen-bond donors (Lipinski definition) is 1. The molecule has 2 nitrogen and oxygen atoms in total. The van der Waals surface area contributed by atoms with E-state index in [1.54, 1.807) is 19.2 Å². The van der Waals surface area contributed by atoms with Crippen molar-refractivity contribution < 1.29 is 9.13 Å². The van der Waals surface area contributed by atoms with Crippen LogP contribution in [-0.2, 0) is 6.54 Å². The Bertz CT molecular complexity index is 388. The monoisotopic (exact) mass is 237 g/mol. The summed E-state index contributed by atoms with van der Waals surface area (Å²) in [6.45, 7) is 3.81. The van der Waals surface area contributed by atoms with Crippen LogP contribution in [0.25, 0.3) is 0 Å². The second-order valence-corrected chi connectivity index (χ2v) is 4.91. The first-order chi connectivity index (χ1) is 8.19. The van der Waals surface area contributed by atoms with Gasteiger partial charge in [0, 0.05) is 24.7 Å². The van der Waals surface area contributed by atoms with Crippen molar-refractivity contribution in [1.29, 1.82) is 0 Å². The van der Waals surface area contributed by atoms with Crippen LogP contribution in [0, 0.1) is 11.2 Å². The molecule has 1 N–H and O–H groups in total. The molecule has 3 heteroatoms. The summed E-state index contributed by atoms with van der Waals surface area (Å²) in [5.74, 6) is 0.372. The molecule has 1 aliphatic rings. The molecule has 2 rings (SSSR count). The molecule has 0 saturated heterocycles. The summed E-state index contributed by atoms with van der Waals surface area (Å²) >= 11 is 0. The van der Waals surface area contributed by atoms with Gasteiger partial charge in [0.05, 0.1) is 7.11 Å². The van der Waals surface area contributed by atoms with E-state index in [1.807, 2.05) is 0 Å². The quantitative estimate of drug-likeness (QED) is 0.820. The Morgan fingerprint density at radius 3 is 2.71 bits per heavy atom. The van der Waals surface area contributed by atoms with Crippen LogP contribution >= 0.6 is 0 Å². The molecule has 1 aliphatic carbocycles. The van der Waals surface area contributed by atoms with E-state index >= 15 is 0 Å². The van der Waals surface area contributed by atoms with Crippen LogP contribution in [0.5, 0.6) is 5.75 Å². The Hall–Kier alpha value is -1.09. The average molecular weight is 237 g/mol. The van der Waals surface area contributed by atoms with E-state index in [0.717, 1.165) is 6.54 Å². The second-order valence-electron chi connectivity index (χ2n) is 4.91. The zero-order chi connectivity index (χ0) is 12.3. The zero-order valence-corrected chi connectivity index (χ0v) is 10.6. The molecule has 1 aromatic carbocycles. The van der Waals surface area contributed by atoms with Gasteiger partial charge in [-0.15, -0.1) is 0 Å². The van der Waals surface area contributed by atoms with Crippen molar-refractivity contribution in [2.45, 2.75) is 32.7 Å². The number of nitrogens with one attached hydrogen (secondary N) is 1. The maximum Gasteiger partial charge on any atom is 0.131 e. The van der Waals surface area contributed by atoms with Gasteiger partial charge in [0.2, 0.25) is 0 Å². The van der Waals surface area contributed by atoms with E-state index < -0.39 is 0 Å². The Morgan fingerprint density at radius 2 is 2.18 bits per heavy atom. The zero-order valence-electron chi connectivity index (χ0n) is 10.6. The second kappa shape index (κ2) is 5.05. The lowest BCUT2D eigenvalue weighted by Gasteiger charge is -2.13. The van der Waals surface area contributed by atoms with Gasteiger partial charge < -0.3 is 10.1 Å². The van der Waals surface area contributed by atoms with E-state index in [-0.39, 0.29) is 5.82 Å². The standard InChI is InChI=1S/C14H20FNO/c1-3-14(6-7-14)10-16-9-11-4-5-12(17-2)8-13(11)15/h4-5,8,16H,3,6-7,9-10H2,1-2H3. The fraction of sp³-hybridized carbons (Fsp3) is 0.571. The molecule has 0 bridgehead atoms. The van der Waals surface area contributed by atoms with Crippen LogP contribution in [0.4, 0.5) is 4.39 Å². The maximum absolute atomic E-state index is 13.6. The lowest BCUT2D eigenvalue weighted by atomic mass is 10.0. The van der Waals surface area contributed by atoms with E-state index in [9.17, 15) is 4.39 Å². The minimum absolute atomic E-state index is 0.196. The molecule has 0 radical (unpaired) electrons. The minimum Gasteiger partial charge on any atom is -0.497 e. The molecule has 0 aromatic heterocycles. The molecule has 0 atom stereocenters. The normalized spacial score (nSPS) is 16.9. The fourth-order valence-electron chi connectivity index (χ4n) is 2.09. The molecular formula is C14H20FNO. The molecule has 17 heavy (non-hydrogen) atoms. The SMILES string of the molecule is CCC1(CNCc2ccc(OC)cc2F)CC1. The molecule has 1 aromatic rings.